The first kappa shape index (κ1) is 27.9. The van der Waals surface area contributed by atoms with Gasteiger partial charge in [-0.3, -0.25) is 0 Å². The largest absolute Gasteiger partial charge is 0.790 e. The van der Waals surface area contributed by atoms with Crippen molar-refractivity contribution in [3.8, 4) is 0 Å². The molecule has 0 fully saturated rings. The Morgan fingerprint density at radius 2 is 0.870 bits per heavy atom. The Hall–Kier alpha value is 0.0300. The molecule has 0 rings (SSSR count). The molecule has 0 unspecified atom stereocenters. The van der Waals surface area contributed by atoms with Gasteiger partial charge in [0.2, 0.25) is 0 Å². The third kappa shape index (κ3) is 61.1. The maximum Gasteiger partial charge on any atom is 0.0755 e. The van der Waals surface area contributed by atoms with Gasteiger partial charge in [0, 0.05) is 0 Å². The summed E-state index contributed by atoms with van der Waals surface area (Å²) in [5.41, 5.74) is 0. The van der Waals surface area contributed by atoms with Gasteiger partial charge >= 0.3 is 0 Å². The lowest BCUT2D eigenvalue weighted by Crippen LogP contribution is -2.84. The van der Waals surface area contributed by atoms with Crippen molar-refractivity contribution in [2.75, 3.05) is 26.2 Å². The van der Waals surface area contributed by atoms with Crippen LogP contribution in [-0.4, -0.2) is 31.1 Å². The second-order valence-corrected chi connectivity index (χ2v) is 6.55. The van der Waals surface area contributed by atoms with Crippen molar-refractivity contribution in [3.63, 3.8) is 0 Å². The molecule has 0 amide bonds. The summed E-state index contributed by atoms with van der Waals surface area (Å²) in [5.74, 6) is 0. The van der Waals surface area contributed by atoms with Crippen molar-refractivity contribution in [2.45, 2.75) is 79.1 Å². The van der Waals surface area contributed by atoms with E-state index in [1.54, 1.807) is 0 Å². The molecule has 0 aliphatic carbocycles. The minimum atomic E-state index is -5.14. The molecular formula is C16H41N2O4P. The highest BCUT2D eigenvalue weighted by Gasteiger charge is 1.87. The predicted octanol–water partition coefficient (Wildman–Crippen LogP) is 0.107. The van der Waals surface area contributed by atoms with E-state index in [-0.39, 0.29) is 0 Å². The molecule has 7 heteroatoms. The lowest BCUT2D eigenvalue weighted by atomic mass is 10.3. The summed E-state index contributed by atoms with van der Waals surface area (Å²) in [4.78, 5) is 24.3. The average molecular weight is 356 g/mol. The molecule has 0 aromatic rings. The summed E-state index contributed by atoms with van der Waals surface area (Å²) < 4.78 is 8.66. The Morgan fingerprint density at radius 1 is 0.696 bits per heavy atom. The van der Waals surface area contributed by atoms with E-state index in [2.05, 4.69) is 38.3 Å². The van der Waals surface area contributed by atoms with Gasteiger partial charge in [-0.2, -0.15) is 0 Å². The zero-order valence-corrected chi connectivity index (χ0v) is 16.7. The second kappa shape index (κ2) is 24.3. The molecule has 6 nitrogen and oxygen atoms in total. The summed E-state index contributed by atoms with van der Waals surface area (Å²) in [7, 11) is -5.14. The van der Waals surface area contributed by atoms with Crippen molar-refractivity contribution in [1.82, 2.24) is 0 Å². The Bertz CT molecular complexity index is 204. The maximum atomic E-state index is 8.66. The number of hydrogen-bond donors (Lipinski definition) is 3. The van der Waals surface area contributed by atoms with E-state index in [4.69, 9.17) is 19.2 Å². The highest BCUT2D eigenvalue weighted by Crippen LogP contribution is 2.11. The van der Waals surface area contributed by atoms with Crippen LogP contribution in [0.5, 0.6) is 0 Å². The van der Waals surface area contributed by atoms with Crippen molar-refractivity contribution in [1.29, 1.82) is 0 Å². The van der Waals surface area contributed by atoms with Crippen LogP contribution in [0.3, 0.4) is 0 Å². The predicted molar refractivity (Wildman–Crippen MR) is 92.8 cm³/mol. The Kier molecular flexibility index (Phi) is 29.4. The second-order valence-electron chi connectivity index (χ2n) is 5.61. The topological polar surface area (TPSA) is 117 Å². The minimum Gasteiger partial charge on any atom is -0.790 e. The molecule has 5 N–H and O–H groups in total. The number of hydrogen-bond acceptors (Lipinski definition) is 3. The van der Waals surface area contributed by atoms with Crippen LogP contribution in [-0.2, 0) is 4.57 Å². The highest BCUT2D eigenvalue weighted by molar-refractivity contribution is 7.42. The monoisotopic (exact) mass is 356 g/mol. The molecule has 23 heavy (non-hydrogen) atoms. The summed E-state index contributed by atoms with van der Waals surface area (Å²) in [6, 6.07) is 0. The fraction of sp³-hybridized carbons (Fsp3) is 1.00. The summed E-state index contributed by atoms with van der Waals surface area (Å²) in [6.45, 7) is 14.3. The Labute approximate surface area is 143 Å². The molecule has 0 aliphatic heterocycles. The normalized spacial score (nSPS) is 10.4. The van der Waals surface area contributed by atoms with Gasteiger partial charge in [0.15, 0.2) is 0 Å². The van der Waals surface area contributed by atoms with E-state index in [0.717, 1.165) is 0 Å². The lowest BCUT2D eigenvalue weighted by molar-refractivity contribution is -0.655. The molecule has 0 bridgehead atoms. The molecule has 0 spiro atoms. The molecule has 0 saturated carbocycles. The third-order valence-corrected chi connectivity index (χ3v) is 3.05. The summed E-state index contributed by atoms with van der Waals surface area (Å²) in [6.07, 6.45) is 10.9. The molecule has 0 radical (unpaired) electrons. The molecule has 0 heterocycles. The molecular weight excluding hydrogens is 315 g/mol. The lowest BCUT2D eigenvalue weighted by Gasteiger charge is -2.19. The van der Waals surface area contributed by atoms with Crippen LogP contribution in [0.25, 0.3) is 0 Å². The van der Waals surface area contributed by atoms with Gasteiger partial charge in [0.05, 0.1) is 34.0 Å². The molecule has 144 valence electrons. The fourth-order valence-corrected chi connectivity index (χ4v) is 1.68. The maximum absolute atomic E-state index is 8.66. The van der Waals surface area contributed by atoms with Crippen LogP contribution < -0.4 is 20.4 Å². The number of phosphoric acid groups is 1. The van der Waals surface area contributed by atoms with Crippen molar-refractivity contribution in [2.24, 2.45) is 0 Å². The van der Waals surface area contributed by atoms with Crippen molar-refractivity contribution < 1.29 is 29.9 Å². The molecule has 0 saturated heterocycles. The number of quaternary nitrogens is 2. The van der Waals surface area contributed by atoms with E-state index in [9.17, 15) is 0 Å². The van der Waals surface area contributed by atoms with Crippen LogP contribution in [0.4, 0.5) is 0 Å². The van der Waals surface area contributed by atoms with Gasteiger partial charge < -0.3 is 29.9 Å². The van der Waals surface area contributed by atoms with Gasteiger partial charge in [-0.1, -0.05) is 53.4 Å². The van der Waals surface area contributed by atoms with Crippen LogP contribution in [0.15, 0.2) is 0 Å². The van der Waals surface area contributed by atoms with E-state index >= 15 is 0 Å². The van der Waals surface area contributed by atoms with Crippen LogP contribution in [0, 0.1) is 0 Å². The zero-order valence-electron chi connectivity index (χ0n) is 15.8. The quantitative estimate of drug-likeness (QED) is 0.340. The fourth-order valence-electron chi connectivity index (χ4n) is 1.68. The first-order valence-electron chi connectivity index (χ1n) is 9.21. The van der Waals surface area contributed by atoms with E-state index in [1.165, 1.54) is 77.5 Å². The first-order valence-corrected chi connectivity index (χ1v) is 10.7. The van der Waals surface area contributed by atoms with Gasteiger partial charge in [0.25, 0.3) is 0 Å². The number of unbranched alkanes of at least 4 members (excludes halogenated alkanes) is 4. The highest BCUT2D eigenvalue weighted by atomic mass is 31.2. The van der Waals surface area contributed by atoms with Crippen LogP contribution in [0.2, 0.25) is 0 Å². The van der Waals surface area contributed by atoms with E-state index in [1.807, 2.05) is 0 Å². The molecule has 0 atom stereocenters. The number of nitrogens with two attached hydrogens (primary N) is 2. The summed E-state index contributed by atoms with van der Waals surface area (Å²) in [5, 5.41) is 4.85. The SMILES string of the molecule is CCCC[NH2+]CCCC.CCCC[NH2+]CCCC.O=P([O-])([O-])O. The summed E-state index contributed by atoms with van der Waals surface area (Å²) >= 11 is 0. The smallest absolute Gasteiger partial charge is 0.0755 e. The standard InChI is InChI=1S/2C8H19N.H3O4P/c2*1-3-5-7-9-8-6-4-2;1-5(2,3)4/h2*9H,3-8H2,1-2H3;(H3,1,2,3,4). The third-order valence-electron chi connectivity index (χ3n) is 3.05. The Morgan fingerprint density at radius 3 is 1.00 bits per heavy atom. The van der Waals surface area contributed by atoms with Gasteiger partial charge in [0.1, 0.15) is 0 Å². The van der Waals surface area contributed by atoms with E-state index in [0.29, 0.717) is 0 Å². The molecule has 0 aliphatic rings. The zero-order chi connectivity index (χ0) is 18.4. The molecule has 0 aromatic heterocycles. The molecule has 0 aromatic carbocycles. The van der Waals surface area contributed by atoms with E-state index < -0.39 is 7.82 Å². The van der Waals surface area contributed by atoms with Gasteiger partial charge in [-0.05, 0) is 25.7 Å². The number of rotatable bonds is 12. The van der Waals surface area contributed by atoms with Crippen molar-refractivity contribution in [3.05, 3.63) is 0 Å². The van der Waals surface area contributed by atoms with Crippen molar-refractivity contribution >= 4 is 7.82 Å². The Balaban J connectivity index is -0.000000273. The minimum absolute atomic E-state index is 1.33. The van der Waals surface area contributed by atoms with Crippen LogP contribution >= 0.6 is 7.82 Å². The average Bonchev–Trinajstić information content (AvgIpc) is 2.46. The van der Waals surface area contributed by atoms with Crippen LogP contribution in [0.1, 0.15) is 79.1 Å². The van der Waals surface area contributed by atoms with Gasteiger partial charge in [-0.25, -0.2) is 0 Å². The first-order chi connectivity index (χ1) is 10.8. The van der Waals surface area contributed by atoms with Gasteiger partial charge in [-0.15, -0.1) is 0 Å².